The van der Waals surface area contributed by atoms with Crippen LogP contribution in [0.25, 0.3) is 0 Å². The number of aryl methyl sites for hydroxylation is 1. The van der Waals surface area contributed by atoms with Crippen LogP contribution in [0.4, 0.5) is 0 Å². The van der Waals surface area contributed by atoms with Crippen LogP contribution in [0.15, 0.2) is 53.6 Å². The summed E-state index contributed by atoms with van der Waals surface area (Å²) in [6, 6.07) is 14.8. The van der Waals surface area contributed by atoms with Crippen molar-refractivity contribution in [2.75, 3.05) is 7.11 Å². The van der Waals surface area contributed by atoms with E-state index in [-0.39, 0.29) is 5.91 Å². The predicted molar refractivity (Wildman–Crippen MR) is 79.2 cm³/mol. The Morgan fingerprint density at radius 1 is 1.15 bits per heavy atom. The van der Waals surface area contributed by atoms with E-state index in [1.165, 1.54) is 0 Å². The molecular weight excluding hydrogens is 252 g/mol. The Balaban J connectivity index is 2.07. The van der Waals surface area contributed by atoms with Crippen LogP contribution < -0.4 is 10.2 Å². The Morgan fingerprint density at radius 2 is 1.85 bits per heavy atom. The number of amides is 1. The third-order valence-corrected chi connectivity index (χ3v) is 2.90. The fourth-order valence-electron chi connectivity index (χ4n) is 1.82. The van der Waals surface area contributed by atoms with Crippen molar-refractivity contribution < 1.29 is 9.53 Å². The zero-order chi connectivity index (χ0) is 14.4. The van der Waals surface area contributed by atoms with Crippen molar-refractivity contribution in [1.29, 1.82) is 0 Å². The molecule has 4 heteroatoms. The van der Waals surface area contributed by atoms with Crippen LogP contribution in [-0.2, 0) is 0 Å². The number of hydrazone groups is 1. The van der Waals surface area contributed by atoms with Gasteiger partial charge in [0.2, 0.25) is 0 Å². The van der Waals surface area contributed by atoms with Gasteiger partial charge in [0.05, 0.1) is 13.3 Å². The van der Waals surface area contributed by atoms with E-state index in [0.29, 0.717) is 11.3 Å². The molecule has 1 N–H and O–H groups in total. The SMILES string of the molecule is COc1ccccc1C=NNC(=O)c1ccccc1C. The summed E-state index contributed by atoms with van der Waals surface area (Å²) in [5, 5.41) is 3.96. The van der Waals surface area contributed by atoms with Crippen LogP contribution in [0.1, 0.15) is 21.5 Å². The van der Waals surface area contributed by atoms with Gasteiger partial charge in [-0.05, 0) is 30.7 Å². The number of methoxy groups -OCH3 is 1. The van der Waals surface area contributed by atoms with Crippen molar-refractivity contribution in [1.82, 2.24) is 5.43 Å². The molecule has 0 saturated carbocycles. The van der Waals surface area contributed by atoms with Crippen LogP contribution in [0, 0.1) is 6.92 Å². The van der Waals surface area contributed by atoms with Crippen molar-refractivity contribution in [2.24, 2.45) is 5.10 Å². The fourth-order valence-corrected chi connectivity index (χ4v) is 1.82. The Kier molecular flexibility index (Phi) is 4.50. The Hall–Kier alpha value is -2.62. The average molecular weight is 268 g/mol. The molecule has 0 aliphatic rings. The van der Waals surface area contributed by atoms with Gasteiger partial charge < -0.3 is 4.74 Å². The summed E-state index contributed by atoms with van der Waals surface area (Å²) in [5.74, 6) is 0.482. The maximum absolute atomic E-state index is 12.0. The van der Waals surface area contributed by atoms with Crippen LogP contribution in [-0.4, -0.2) is 19.2 Å². The molecule has 0 unspecified atom stereocenters. The molecule has 0 atom stereocenters. The predicted octanol–water partition coefficient (Wildman–Crippen LogP) is 2.77. The third-order valence-electron chi connectivity index (χ3n) is 2.90. The summed E-state index contributed by atoms with van der Waals surface area (Å²) in [7, 11) is 1.60. The van der Waals surface area contributed by atoms with Gasteiger partial charge >= 0.3 is 0 Å². The maximum atomic E-state index is 12.0. The van der Waals surface area contributed by atoms with E-state index in [4.69, 9.17) is 4.74 Å². The van der Waals surface area contributed by atoms with E-state index >= 15 is 0 Å². The molecule has 1 amide bonds. The number of nitrogens with zero attached hydrogens (tertiary/aromatic N) is 1. The Morgan fingerprint density at radius 3 is 2.60 bits per heavy atom. The van der Waals surface area contributed by atoms with Crippen molar-refractivity contribution in [3.8, 4) is 5.75 Å². The van der Waals surface area contributed by atoms with Crippen LogP contribution in [0.2, 0.25) is 0 Å². The summed E-state index contributed by atoms with van der Waals surface area (Å²) < 4.78 is 5.20. The molecule has 0 spiro atoms. The second-order valence-corrected chi connectivity index (χ2v) is 4.26. The molecule has 0 saturated heterocycles. The van der Waals surface area contributed by atoms with Crippen molar-refractivity contribution >= 4 is 12.1 Å². The molecule has 0 aliphatic heterocycles. The molecule has 0 fully saturated rings. The molecule has 20 heavy (non-hydrogen) atoms. The zero-order valence-electron chi connectivity index (χ0n) is 11.5. The van der Waals surface area contributed by atoms with E-state index in [1.54, 1.807) is 19.4 Å². The lowest BCUT2D eigenvalue weighted by Crippen LogP contribution is -2.18. The lowest BCUT2D eigenvalue weighted by molar-refractivity contribution is 0.0954. The van der Waals surface area contributed by atoms with Crippen molar-refractivity contribution in [3.63, 3.8) is 0 Å². The topological polar surface area (TPSA) is 50.7 Å². The van der Waals surface area contributed by atoms with Crippen LogP contribution in [0.5, 0.6) is 5.75 Å². The van der Waals surface area contributed by atoms with Crippen molar-refractivity contribution in [3.05, 3.63) is 65.2 Å². The monoisotopic (exact) mass is 268 g/mol. The fraction of sp³-hybridized carbons (Fsp3) is 0.125. The number of carbonyl (C=O) groups excluding carboxylic acids is 1. The number of benzene rings is 2. The van der Waals surface area contributed by atoms with Crippen LogP contribution in [0.3, 0.4) is 0 Å². The van der Waals surface area contributed by atoms with Crippen LogP contribution >= 0.6 is 0 Å². The minimum absolute atomic E-state index is 0.228. The minimum atomic E-state index is -0.228. The summed E-state index contributed by atoms with van der Waals surface area (Å²) >= 11 is 0. The average Bonchev–Trinajstić information content (AvgIpc) is 2.48. The Labute approximate surface area is 118 Å². The normalized spacial score (nSPS) is 10.5. The zero-order valence-corrected chi connectivity index (χ0v) is 11.5. The van der Waals surface area contributed by atoms with Gasteiger partial charge in [0.25, 0.3) is 5.91 Å². The van der Waals surface area contributed by atoms with Gasteiger partial charge in [-0.15, -0.1) is 0 Å². The molecule has 2 aromatic carbocycles. The lowest BCUT2D eigenvalue weighted by atomic mass is 10.1. The minimum Gasteiger partial charge on any atom is -0.496 e. The van der Waals surface area contributed by atoms with Gasteiger partial charge in [0.15, 0.2) is 0 Å². The first-order valence-corrected chi connectivity index (χ1v) is 6.24. The first kappa shape index (κ1) is 13.8. The molecular formula is C16H16N2O2. The van der Waals surface area contributed by atoms with Gasteiger partial charge in [-0.3, -0.25) is 4.79 Å². The second kappa shape index (κ2) is 6.52. The summed E-state index contributed by atoms with van der Waals surface area (Å²) in [6.45, 7) is 1.89. The number of nitrogens with one attached hydrogen (secondary N) is 1. The summed E-state index contributed by atoms with van der Waals surface area (Å²) in [5.41, 5.74) is 4.85. The summed E-state index contributed by atoms with van der Waals surface area (Å²) in [6.07, 6.45) is 1.56. The molecule has 2 aromatic rings. The van der Waals surface area contributed by atoms with Gasteiger partial charge in [0.1, 0.15) is 5.75 Å². The first-order chi connectivity index (χ1) is 9.72. The smallest absolute Gasteiger partial charge is 0.271 e. The largest absolute Gasteiger partial charge is 0.496 e. The number of para-hydroxylation sites is 1. The van der Waals surface area contributed by atoms with Gasteiger partial charge in [0, 0.05) is 11.1 Å². The van der Waals surface area contributed by atoms with E-state index in [0.717, 1.165) is 11.1 Å². The van der Waals surface area contributed by atoms with E-state index in [9.17, 15) is 4.79 Å². The third kappa shape index (κ3) is 3.23. The lowest BCUT2D eigenvalue weighted by Gasteiger charge is -2.04. The standard InChI is InChI=1S/C16H16N2O2/c1-12-7-3-5-9-14(12)16(19)18-17-11-13-8-4-6-10-15(13)20-2/h3-11H,1-2H3,(H,18,19). The maximum Gasteiger partial charge on any atom is 0.271 e. The molecule has 0 radical (unpaired) electrons. The number of hydrogen-bond donors (Lipinski definition) is 1. The number of rotatable bonds is 4. The molecule has 0 bridgehead atoms. The second-order valence-electron chi connectivity index (χ2n) is 4.26. The highest BCUT2D eigenvalue weighted by Crippen LogP contribution is 2.14. The van der Waals surface area contributed by atoms with Crippen molar-refractivity contribution in [2.45, 2.75) is 6.92 Å². The highest BCUT2D eigenvalue weighted by atomic mass is 16.5. The van der Waals surface area contributed by atoms with Gasteiger partial charge in [-0.2, -0.15) is 5.10 Å². The molecule has 0 aromatic heterocycles. The van der Waals surface area contributed by atoms with Gasteiger partial charge in [-0.1, -0.05) is 30.3 Å². The summed E-state index contributed by atoms with van der Waals surface area (Å²) in [4.78, 5) is 12.0. The van der Waals surface area contributed by atoms with E-state index in [2.05, 4.69) is 10.5 Å². The van der Waals surface area contributed by atoms with E-state index < -0.39 is 0 Å². The van der Waals surface area contributed by atoms with E-state index in [1.807, 2.05) is 49.4 Å². The highest BCUT2D eigenvalue weighted by molar-refractivity contribution is 5.96. The molecule has 102 valence electrons. The highest BCUT2D eigenvalue weighted by Gasteiger charge is 2.06. The first-order valence-electron chi connectivity index (χ1n) is 6.24. The molecule has 0 heterocycles. The number of ether oxygens (including phenoxy) is 1. The Bertz CT molecular complexity index is 636. The molecule has 4 nitrogen and oxygen atoms in total. The number of carbonyl (C=O) groups is 1. The quantitative estimate of drug-likeness (QED) is 0.684. The number of hydrogen-bond acceptors (Lipinski definition) is 3. The molecule has 0 aliphatic carbocycles. The van der Waals surface area contributed by atoms with Gasteiger partial charge in [-0.25, -0.2) is 5.43 Å². The molecule has 2 rings (SSSR count).